The molecule has 0 spiro atoms. The van der Waals surface area contributed by atoms with Gasteiger partial charge < -0.3 is 9.47 Å². The first-order valence-electron chi connectivity index (χ1n) is 11.2. The predicted octanol–water partition coefficient (Wildman–Crippen LogP) is 6.64. The minimum Gasteiger partial charge on any atom is -0.317 e. The number of benzene rings is 3. The number of hydrogen-bond donors (Lipinski definition) is 0. The first-order chi connectivity index (χ1) is 14.7. The third kappa shape index (κ3) is 2.67. The Bertz CT molecular complexity index is 1320. The highest BCUT2D eigenvalue weighted by molar-refractivity contribution is 6.01. The number of hydrogen-bond acceptors (Lipinski definition) is 1. The minimum atomic E-state index is 1.05. The van der Waals surface area contributed by atoms with Crippen molar-refractivity contribution in [2.45, 2.75) is 39.2 Å². The molecule has 0 saturated carbocycles. The predicted molar refractivity (Wildman–Crippen MR) is 128 cm³/mol. The second kappa shape index (κ2) is 6.85. The zero-order valence-corrected chi connectivity index (χ0v) is 17.9. The van der Waals surface area contributed by atoms with Crippen molar-refractivity contribution in [1.29, 1.82) is 0 Å². The van der Waals surface area contributed by atoms with Gasteiger partial charge in [0, 0.05) is 36.3 Å². The maximum absolute atomic E-state index is 2.65. The highest BCUT2D eigenvalue weighted by Gasteiger charge is 2.27. The van der Waals surface area contributed by atoms with E-state index in [9.17, 15) is 0 Å². The van der Waals surface area contributed by atoms with E-state index in [-0.39, 0.29) is 0 Å². The molecule has 2 nitrogen and oxygen atoms in total. The number of fused-ring (bicyclic) bond motifs is 4. The number of aryl methyl sites for hydroxylation is 1. The number of aromatic nitrogens is 1. The van der Waals surface area contributed by atoms with Crippen molar-refractivity contribution < 1.29 is 0 Å². The van der Waals surface area contributed by atoms with E-state index in [1.54, 1.807) is 16.8 Å². The van der Waals surface area contributed by atoms with E-state index >= 15 is 0 Å². The molecule has 150 valence electrons. The number of likely N-dealkylation sites (N-methyl/N-ethyl adjacent to an activating group) is 1. The molecule has 2 heterocycles. The lowest BCUT2D eigenvalue weighted by molar-refractivity contribution is 0.311. The summed E-state index contributed by atoms with van der Waals surface area (Å²) in [6.45, 7) is 4.41. The Labute approximate surface area is 178 Å². The van der Waals surface area contributed by atoms with Crippen LogP contribution in [0, 0.1) is 6.92 Å². The lowest BCUT2D eigenvalue weighted by Gasteiger charge is -2.25. The Morgan fingerprint density at radius 2 is 1.70 bits per heavy atom. The average Bonchev–Trinajstić information content (AvgIpc) is 3.35. The monoisotopic (exact) mass is 392 g/mol. The Hall–Kier alpha value is -2.84. The van der Waals surface area contributed by atoms with E-state index in [4.69, 9.17) is 0 Å². The second-order valence-electron chi connectivity index (χ2n) is 9.07. The van der Waals surface area contributed by atoms with Crippen molar-refractivity contribution in [3.8, 4) is 0 Å². The zero-order valence-electron chi connectivity index (χ0n) is 17.9. The van der Waals surface area contributed by atoms with Crippen LogP contribution in [-0.4, -0.2) is 23.1 Å². The normalized spacial score (nSPS) is 17.3. The molecule has 1 aromatic heterocycles. The van der Waals surface area contributed by atoms with Crippen LogP contribution in [0.25, 0.3) is 32.9 Å². The number of rotatable bonds is 2. The largest absolute Gasteiger partial charge is 0.317 e. The van der Waals surface area contributed by atoms with E-state index in [1.807, 2.05) is 0 Å². The van der Waals surface area contributed by atoms with Gasteiger partial charge in [0.1, 0.15) is 0 Å². The van der Waals surface area contributed by atoms with Crippen LogP contribution in [0.15, 0.2) is 60.7 Å². The lowest BCUT2D eigenvalue weighted by Crippen LogP contribution is -2.27. The fourth-order valence-electron chi connectivity index (χ4n) is 5.67. The molecular weight excluding hydrogens is 364 g/mol. The molecule has 1 aliphatic carbocycles. The molecule has 4 aromatic rings. The van der Waals surface area contributed by atoms with Gasteiger partial charge in [-0.3, -0.25) is 0 Å². The Morgan fingerprint density at radius 3 is 2.63 bits per heavy atom. The summed E-state index contributed by atoms with van der Waals surface area (Å²) in [5, 5.41) is 4.17. The molecule has 0 radical (unpaired) electrons. The molecule has 0 amide bonds. The summed E-state index contributed by atoms with van der Waals surface area (Å²) in [5.41, 5.74) is 10.3. The first-order valence-corrected chi connectivity index (χ1v) is 11.2. The standard InChI is InChI=1S/C28H28N2/c1-19-13-14-27-24(17-19)25-18-29(2)16-15-28(25)30(27)26-12-6-11-23(26)22-10-5-8-20-7-3-4-9-21(20)22/h3-5,7-10,13-14,17H,6,11-12,15-16,18H2,1-2H3. The van der Waals surface area contributed by atoms with Crippen LogP contribution in [0.5, 0.6) is 0 Å². The van der Waals surface area contributed by atoms with Crippen molar-refractivity contribution in [1.82, 2.24) is 9.47 Å². The first kappa shape index (κ1) is 18.0. The Kier molecular flexibility index (Phi) is 4.10. The molecule has 0 atom stereocenters. The highest BCUT2D eigenvalue weighted by Crippen LogP contribution is 2.43. The van der Waals surface area contributed by atoms with Gasteiger partial charge in [-0.05, 0) is 72.8 Å². The third-order valence-corrected chi connectivity index (χ3v) is 7.07. The van der Waals surface area contributed by atoms with E-state index in [1.165, 1.54) is 57.8 Å². The maximum atomic E-state index is 2.65. The van der Waals surface area contributed by atoms with Gasteiger partial charge in [-0.2, -0.15) is 0 Å². The fraction of sp³-hybridized carbons (Fsp3) is 0.286. The van der Waals surface area contributed by atoms with Gasteiger partial charge in [-0.15, -0.1) is 0 Å². The van der Waals surface area contributed by atoms with Crippen LogP contribution in [0.2, 0.25) is 0 Å². The van der Waals surface area contributed by atoms with Crippen LogP contribution >= 0.6 is 0 Å². The van der Waals surface area contributed by atoms with Crippen LogP contribution in [0.1, 0.15) is 41.6 Å². The molecule has 6 rings (SSSR count). The van der Waals surface area contributed by atoms with E-state index in [0.29, 0.717) is 0 Å². The SMILES string of the molecule is Cc1ccc2c(c1)c1c(n2C2=C(c3cccc4ccccc34)CCC2)CCN(C)C1. The molecule has 1 aliphatic heterocycles. The molecule has 2 heteroatoms. The summed E-state index contributed by atoms with van der Waals surface area (Å²) in [7, 11) is 2.25. The van der Waals surface area contributed by atoms with Gasteiger partial charge in [-0.25, -0.2) is 0 Å². The smallest absolute Gasteiger partial charge is 0.0531 e. The van der Waals surface area contributed by atoms with Gasteiger partial charge in [0.25, 0.3) is 0 Å². The van der Waals surface area contributed by atoms with Gasteiger partial charge in [0.2, 0.25) is 0 Å². The molecule has 3 aromatic carbocycles. The van der Waals surface area contributed by atoms with Crippen molar-refractivity contribution in [2.75, 3.05) is 13.6 Å². The summed E-state index contributed by atoms with van der Waals surface area (Å²) in [4.78, 5) is 2.46. The van der Waals surface area contributed by atoms with Gasteiger partial charge in [0.15, 0.2) is 0 Å². The fourth-order valence-corrected chi connectivity index (χ4v) is 5.67. The van der Waals surface area contributed by atoms with Gasteiger partial charge >= 0.3 is 0 Å². The average molecular weight is 393 g/mol. The topological polar surface area (TPSA) is 8.17 Å². The molecule has 2 aliphatic rings. The van der Waals surface area contributed by atoms with Gasteiger partial charge in [-0.1, -0.05) is 54.1 Å². The molecule has 0 N–H and O–H groups in total. The van der Waals surface area contributed by atoms with E-state index in [0.717, 1.165) is 19.5 Å². The molecule has 0 bridgehead atoms. The second-order valence-corrected chi connectivity index (χ2v) is 9.07. The summed E-state index contributed by atoms with van der Waals surface area (Å²) < 4.78 is 2.65. The van der Waals surface area contributed by atoms with Gasteiger partial charge in [0.05, 0.1) is 5.52 Å². The highest BCUT2D eigenvalue weighted by atomic mass is 15.1. The van der Waals surface area contributed by atoms with E-state index < -0.39 is 0 Å². The molecular formula is C28H28N2. The summed E-state index contributed by atoms with van der Waals surface area (Å²) in [5.74, 6) is 0. The van der Waals surface area contributed by atoms with Crippen molar-refractivity contribution in [2.24, 2.45) is 0 Å². The summed E-state index contributed by atoms with van der Waals surface area (Å²) >= 11 is 0. The molecule has 0 saturated heterocycles. The van der Waals surface area contributed by atoms with Crippen molar-refractivity contribution in [3.63, 3.8) is 0 Å². The molecule has 30 heavy (non-hydrogen) atoms. The number of nitrogens with zero attached hydrogens (tertiary/aromatic N) is 2. The van der Waals surface area contributed by atoms with Crippen molar-refractivity contribution in [3.05, 3.63) is 83.0 Å². The van der Waals surface area contributed by atoms with Crippen LogP contribution in [-0.2, 0) is 13.0 Å². The van der Waals surface area contributed by atoms with Crippen LogP contribution in [0.3, 0.4) is 0 Å². The number of allylic oxidation sites excluding steroid dienone is 2. The van der Waals surface area contributed by atoms with Crippen LogP contribution < -0.4 is 0 Å². The lowest BCUT2D eigenvalue weighted by atomic mass is 9.97. The molecule has 0 fully saturated rings. The van der Waals surface area contributed by atoms with E-state index in [2.05, 4.69) is 84.1 Å². The third-order valence-electron chi connectivity index (χ3n) is 7.07. The van der Waals surface area contributed by atoms with Crippen molar-refractivity contribution >= 4 is 32.9 Å². The Balaban J connectivity index is 1.65. The summed E-state index contributed by atoms with van der Waals surface area (Å²) in [6.07, 6.45) is 4.71. The van der Waals surface area contributed by atoms with Crippen LogP contribution in [0.4, 0.5) is 0 Å². The summed E-state index contributed by atoms with van der Waals surface area (Å²) in [6, 6.07) is 22.7. The quantitative estimate of drug-likeness (QED) is 0.371. The molecule has 0 unspecified atom stereocenters. The zero-order chi connectivity index (χ0) is 20.2. The Morgan fingerprint density at radius 1 is 0.833 bits per heavy atom. The minimum absolute atomic E-state index is 1.05. The maximum Gasteiger partial charge on any atom is 0.0531 e.